The lowest BCUT2D eigenvalue weighted by atomic mass is 9.97. The zero-order valence-corrected chi connectivity index (χ0v) is 13.4. The summed E-state index contributed by atoms with van der Waals surface area (Å²) < 4.78 is 5.72. The lowest BCUT2D eigenvalue weighted by molar-refractivity contribution is 0.155. The number of likely N-dealkylation sites (tertiary alicyclic amines) is 1. The molecule has 0 amide bonds. The SMILES string of the molecule is CNCC1CCN(CCOc2ccc(Cl)cc2Cl)CC1. The highest BCUT2D eigenvalue weighted by Crippen LogP contribution is 2.27. The number of rotatable bonds is 6. The summed E-state index contributed by atoms with van der Waals surface area (Å²) in [7, 11) is 2.02. The fraction of sp³-hybridized carbons (Fsp3) is 0.600. The van der Waals surface area contributed by atoms with E-state index >= 15 is 0 Å². The number of nitrogens with one attached hydrogen (secondary N) is 1. The third-order valence-corrected chi connectivity index (χ3v) is 4.29. The van der Waals surface area contributed by atoms with E-state index in [2.05, 4.69) is 10.2 Å². The Morgan fingerprint density at radius 1 is 1.30 bits per heavy atom. The summed E-state index contributed by atoms with van der Waals surface area (Å²) >= 11 is 11.9. The molecule has 5 heteroatoms. The van der Waals surface area contributed by atoms with Gasteiger partial charge in [-0.1, -0.05) is 23.2 Å². The zero-order chi connectivity index (χ0) is 14.4. The van der Waals surface area contributed by atoms with Crippen LogP contribution in [0.2, 0.25) is 10.0 Å². The number of hydrogen-bond donors (Lipinski definition) is 1. The summed E-state index contributed by atoms with van der Waals surface area (Å²) in [4.78, 5) is 2.45. The molecule has 0 saturated carbocycles. The average Bonchev–Trinajstić information content (AvgIpc) is 2.43. The second kappa shape index (κ2) is 8.08. The number of halogens is 2. The van der Waals surface area contributed by atoms with Gasteiger partial charge in [0.2, 0.25) is 0 Å². The van der Waals surface area contributed by atoms with Gasteiger partial charge in [-0.2, -0.15) is 0 Å². The van der Waals surface area contributed by atoms with Crippen molar-refractivity contribution < 1.29 is 4.74 Å². The maximum atomic E-state index is 6.07. The molecule has 2 rings (SSSR count). The Morgan fingerprint density at radius 2 is 2.05 bits per heavy atom. The molecule has 1 aromatic rings. The van der Waals surface area contributed by atoms with Gasteiger partial charge in [-0.05, 0) is 63.6 Å². The van der Waals surface area contributed by atoms with Gasteiger partial charge < -0.3 is 10.1 Å². The first-order chi connectivity index (χ1) is 9.69. The lowest BCUT2D eigenvalue weighted by Gasteiger charge is -2.31. The first kappa shape index (κ1) is 15.9. The van der Waals surface area contributed by atoms with Gasteiger partial charge in [0, 0.05) is 11.6 Å². The number of benzene rings is 1. The van der Waals surface area contributed by atoms with Gasteiger partial charge in [0.05, 0.1) is 5.02 Å². The highest BCUT2D eigenvalue weighted by Gasteiger charge is 2.18. The molecule has 1 heterocycles. The molecule has 0 aromatic heterocycles. The molecular formula is C15H22Cl2N2O. The van der Waals surface area contributed by atoms with E-state index in [1.807, 2.05) is 13.1 Å². The number of nitrogens with zero attached hydrogens (tertiary/aromatic N) is 1. The third kappa shape index (κ3) is 4.81. The molecule has 1 N–H and O–H groups in total. The highest BCUT2D eigenvalue weighted by molar-refractivity contribution is 6.35. The Kier molecular flexibility index (Phi) is 6.43. The summed E-state index contributed by atoms with van der Waals surface area (Å²) in [6.45, 7) is 5.06. The molecule has 1 aliphatic rings. The van der Waals surface area contributed by atoms with Crippen molar-refractivity contribution in [3.8, 4) is 5.75 Å². The first-order valence-electron chi connectivity index (χ1n) is 7.14. The molecule has 0 atom stereocenters. The van der Waals surface area contributed by atoms with Crippen molar-refractivity contribution in [2.24, 2.45) is 5.92 Å². The van der Waals surface area contributed by atoms with E-state index in [4.69, 9.17) is 27.9 Å². The summed E-state index contributed by atoms with van der Waals surface area (Å²) in [5, 5.41) is 4.47. The van der Waals surface area contributed by atoms with Crippen LogP contribution in [0, 0.1) is 5.92 Å². The van der Waals surface area contributed by atoms with Gasteiger partial charge in [0.25, 0.3) is 0 Å². The summed E-state index contributed by atoms with van der Waals surface area (Å²) in [6.07, 6.45) is 2.53. The van der Waals surface area contributed by atoms with Crippen molar-refractivity contribution in [2.45, 2.75) is 12.8 Å². The molecule has 1 saturated heterocycles. The van der Waals surface area contributed by atoms with Crippen molar-refractivity contribution in [2.75, 3.05) is 39.8 Å². The smallest absolute Gasteiger partial charge is 0.138 e. The number of piperidine rings is 1. The van der Waals surface area contributed by atoms with E-state index in [-0.39, 0.29) is 0 Å². The predicted molar refractivity (Wildman–Crippen MR) is 85.0 cm³/mol. The highest BCUT2D eigenvalue weighted by atomic mass is 35.5. The van der Waals surface area contributed by atoms with E-state index in [1.54, 1.807) is 12.1 Å². The quantitative estimate of drug-likeness (QED) is 0.871. The zero-order valence-electron chi connectivity index (χ0n) is 11.9. The largest absolute Gasteiger partial charge is 0.491 e. The Morgan fingerprint density at radius 3 is 2.70 bits per heavy atom. The molecule has 3 nitrogen and oxygen atoms in total. The Bertz CT molecular complexity index is 420. The van der Waals surface area contributed by atoms with Crippen molar-refractivity contribution in [3.05, 3.63) is 28.2 Å². The van der Waals surface area contributed by atoms with Gasteiger partial charge in [-0.25, -0.2) is 0 Å². The Balaban J connectivity index is 1.69. The van der Waals surface area contributed by atoms with Crippen LogP contribution >= 0.6 is 23.2 Å². The predicted octanol–water partition coefficient (Wildman–Crippen LogP) is 3.30. The maximum Gasteiger partial charge on any atom is 0.138 e. The second-order valence-electron chi connectivity index (χ2n) is 5.27. The molecule has 1 aliphatic heterocycles. The molecule has 0 unspecified atom stereocenters. The average molecular weight is 317 g/mol. The van der Waals surface area contributed by atoms with Crippen LogP contribution < -0.4 is 10.1 Å². The van der Waals surface area contributed by atoms with Gasteiger partial charge in [0.1, 0.15) is 12.4 Å². The molecule has 20 heavy (non-hydrogen) atoms. The lowest BCUT2D eigenvalue weighted by Crippen LogP contribution is -2.38. The van der Waals surface area contributed by atoms with Gasteiger partial charge >= 0.3 is 0 Å². The summed E-state index contributed by atoms with van der Waals surface area (Å²) in [6, 6.07) is 5.33. The molecule has 1 fully saturated rings. The van der Waals surface area contributed by atoms with Crippen LogP contribution in [0.5, 0.6) is 5.75 Å². The maximum absolute atomic E-state index is 6.07. The fourth-order valence-electron chi connectivity index (χ4n) is 2.58. The van der Waals surface area contributed by atoms with Crippen LogP contribution in [0.25, 0.3) is 0 Å². The van der Waals surface area contributed by atoms with Crippen LogP contribution in [0.15, 0.2) is 18.2 Å². The van der Waals surface area contributed by atoms with Crippen LogP contribution in [0.4, 0.5) is 0 Å². The van der Waals surface area contributed by atoms with Gasteiger partial charge in [-0.15, -0.1) is 0 Å². The standard InChI is InChI=1S/C15H22Cl2N2O/c1-18-11-12-4-6-19(7-5-12)8-9-20-15-3-2-13(16)10-14(15)17/h2-3,10,12,18H,4-9,11H2,1H3. The molecule has 112 valence electrons. The van der Waals surface area contributed by atoms with Crippen LogP contribution in [-0.2, 0) is 0 Å². The van der Waals surface area contributed by atoms with Crippen molar-refractivity contribution in [1.29, 1.82) is 0 Å². The topological polar surface area (TPSA) is 24.5 Å². The monoisotopic (exact) mass is 316 g/mol. The first-order valence-corrected chi connectivity index (χ1v) is 7.89. The van der Waals surface area contributed by atoms with Crippen LogP contribution in [-0.4, -0.2) is 44.7 Å². The van der Waals surface area contributed by atoms with E-state index in [9.17, 15) is 0 Å². The minimum absolute atomic E-state index is 0.574. The van der Waals surface area contributed by atoms with Crippen molar-refractivity contribution in [3.63, 3.8) is 0 Å². The second-order valence-corrected chi connectivity index (χ2v) is 6.11. The minimum atomic E-state index is 0.574. The van der Waals surface area contributed by atoms with E-state index < -0.39 is 0 Å². The summed E-state index contributed by atoms with van der Waals surface area (Å²) in [5.74, 6) is 1.53. The van der Waals surface area contributed by atoms with E-state index in [0.717, 1.165) is 32.1 Å². The van der Waals surface area contributed by atoms with Crippen molar-refractivity contribution >= 4 is 23.2 Å². The fourth-order valence-corrected chi connectivity index (χ4v) is 3.04. The van der Waals surface area contributed by atoms with Crippen LogP contribution in [0.1, 0.15) is 12.8 Å². The Hall–Kier alpha value is -0.480. The number of ether oxygens (including phenoxy) is 1. The third-order valence-electron chi connectivity index (χ3n) is 3.76. The minimum Gasteiger partial charge on any atom is -0.491 e. The molecular weight excluding hydrogens is 295 g/mol. The normalized spacial score (nSPS) is 17.4. The molecule has 0 aliphatic carbocycles. The molecule has 0 bridgehead atoms. The molecule has 0 spiro atoms. The van der Waals surface area contributed by atoms with Gasteiger partial charge in [-0.3, -0.25) is 4.90 Å². The molecule has 0 radical (unpaired) electrons. The van der Waals surface area contributed by atoms with Crippen LogP contribution in [0.3, 0.4) is 0 Å². The Labute approximate surface area is 131 Å². The van der Waals surface area contributed by atoms with Crippen molar-refractivity contribution in [1.82, 2.24) is 10.2 Å². The van der Waals surface area contributed by atoms with E-state index in [1.165, 1.54) is 12.8 Å². The molecule has 1 aromatic carbocycles. The van der Waals surface area contributed by atoms with Gasteiger partial charge in [0.15, 0.2) is 0 Å². The summed E-state index contributed by atoms with van der Waals surface area (Å²) in [5.41, 5.74) is 0. The van der Waals surface area contributed by atoms with E-state index in [0.29, 0.717) is 22.4 Å². The number of hydrogen-bond acceptors (Lipinski definition) is 3.